The second-order valence-electron chi connectivity index (χ2n) is 5.62. The molecule has 7 nitrogen and oxygen atoms in total. The lowest BCUT2D eigenvalue weighted by Crippen LogP contribution is -2.10. The third kappa shape index (κ3) is 4.33. The van der Waals surface area contributed by atoms with Crippen molar-refractivity contribution < 1.29 is 9.53 Å². The molecular formula is C18H21N5O2. The number of aromatic amines is 1. The maximum absolute atomic E-state index is 11.4. The van der Waals surface area contributed by atoms with Gasteiger partial charge in [-0.2, -0.15) is 0 Å². The Morgan fingerprint density at radius 2 is 2.36 bits per heavy atom. The SMILES string of the molecule is CCOCCN=C(N)/C=C\c1ncc(-c2ccc3c(c2)NC(=O)C3)[nH]1. The summed E-state index contributed by atoms with van der Waals surface area (Å²) < 4.78 is 5.21. The van der Waals surface area contributed by atoms with Gasteiger partial charge >= 0.3 is 0 Å². The standard InChI is InChI=1S/C18H21N5O2/c1-2-25-8-7-20-16(19)5-6-17-21-11-15(22-17)12-3-4-13-10-18(24)23-14(13)9-12/h3-6,9,11H,2,7-8,10H2,1H3,(H2,19,20)(H,21,22)(H,23,24)/b6-5-. The van der Waals surface area contributed by atoms with Gasteiger partial charge < -0.3 is 20.8 Å². The molecule has 0 fully saturated rings. The van der Waals surface area contributed by atoms with Gasteiger partial charge in [0.05, 0.1) is 31.5 Å². The van der Waals surface area contributed by atoms with E-state index in [0.29, 0.717) is 37.8 Å². The Kier molecular flexibility index (Phi) is 5.25. The lowest BCUT2D eigenvalue weighted by atomic mass is 10.1. The number of H-pyrrole nitrogens is 1. The first-order valence-corrected chi connectivity index (χ1v) is 8.19. The zero-order valence-corrected chi connectivity index (χ0v) is 14.1. The third-order valence-electron chi connectivity index (χ3n) is 3.79. The van der Waals surface area contributed by atoms with Crippen LogP contribution in [-0.2, 0) is 16.0 Å². The number of ether oxygens (including phenoxy) is 1. The minimum Gasteiger partial charge on any atom is -0.384 e. The Bertz CT molecular complexity index is 823. The molecular weight excluding hydrogens is 318 g/mol. The minimum atomic E-state index is 0.0273. The van der Waals surface area contributed by atoms with Crippen molar-refractivity contribution in [2.45, 2.75) is 13.3 Å². The number of fused-ring (bicyclic) bond motifs is 1. The highest BCUT2D eigenvalue weighted by Gasteiger charge is 2.17. The Hall–Kier alpha value is -2.93. The van der Waals surface area contributed by atoms with E-state index in [-0.39, 0.29) is 5.91 Å². The van der Waals surface area contributed by atoms with E-state index in [9.17, 15) is 4.79 Å². The molecule has 0 atom stereocenters. The van der Waals surface area contributed by atoms with Crippen LogP contribution >= 0.6 is 0 Å². The van der Waals surface area contributed by atoms with E-state index < -0.39 is 0 Å². The van der Waals surface area contributed by atoms with Gasteiger partial charge in [-0.15, -0.1) is 0 Å². The van der Waals surface area contributed by atoms with E-state index in [4.69, 9.17) is 10.5 Å². The Morgan fingerprint density at radius 1 is 1.48 bits per heavy atom. The lowest BCUT2D eigenvalue weighted by molar-refractivity contribution is -0.115. The molecule has 0 spiro atoms. The topological polar surface area (TPSA) is 105 Å². The highest BCUT2D eigenvalue weighted by Crippen LogP contribution is 2.28. The average Bonchev–Trinajstić information content (AvgIpc) is 3.21. The monoisotopic (exact) mass is 339 g/mol. The minimum absolute atomic E-state index is 0.0273. The Labute approximate surface area is 146 Å². The molecule has 1 aromatic heterocycles. The number of amidine groups is 1. The number of carbonyl (C=O) groups is 1. The van der Waals surface area contributed by atoms with Crippen LogP contribution in [-0.4, -0.2) is 41.5 Å². The Morgan fingerprint density at radius 3 is 3.20 bits per heavy atom. The number of amides is 1. The molecule has 2 aromatic rings. The van der Waals surface area contributed by atoms with Gasteiger partial charge in [-0.3, -0.25) is 9.79 Å². The van der Waals surface area contributed by atoms with Gasteiger partial charge in [-0.1, -0.05) is 12.1 Å². The number of anilines is 1. The maximum atomic E-state index is 11.4. The number of nitrogens with zero attached hydrogens (tertiary/aromatic N) is 2. The fourth-order valence-electron chi connectivity index (χ4n) is 2.55. The van der Waals surface area contributed by atoms with Crippen LogP contribution in [0, 0.1) is 0 Å². The number of nitrogens with one attached hydrogen (secondary N) is 2. The van der Waals surface area contributed by atoms with Crippen molar-refractivity contribution in [1.29, 1.82) is 0 Å². The number of aromatic nitrogens is 2. The normalized spacial score (nSPS) is 14.1. The van der Waals surface area contributed by atoms with Gasteiger partial charge in [0.15, 0.2) is 0 Å². The zero-order valence-electron chi connectivity index (χ0n) is 14.1. The van der Waals surface area contributed by atoms with Gasteiger partial charge in [0.25, 0.3) is 0 Å². The van der Waals surface area contributed by atoms with Crippen LogP contribution in [0.25, 0.3) is 17.3 Å². The molecule has 4 N–H and O–H groups in total. The maximum Gasteiger partial charge on any atom is 0.228 e. The second-order valence-corrected chi connectivity index (χ2v) is 5.62. The van der Waals surface area contributed by atoms with Crippen molar-refractivity contribution in [2.24, 2.45) is 10.7 Å². The van der Waals surface area contributed by atoms with Crippen molar-refractivity contribution in [3.05, 3.63) is 41.9 Å². The smallest absolute Gasteiger partial charge is 0.228 e. The molecule has 1 aromatic carbocycles. The van der Waals surface area contributed by atoms with Gasteiger partial charge in [0.2, 0.25) is 5.91 Å². The summed E-state index contributed by atoms with van der Waals surface area (Å²) in [5.74, 6) is 1.14. The van der Waals surface area contributed by atoms with Gasteiger partial charge in [-0.25, -0.2) is 4.98 Å². The summed E-state index contributed by atoms with van der Waals surface area (Å²) in [6, 6.07) is 5.89. The number of imidazole rings is 1. The number of hydrogen-bond donors (Lipinski definition) is 3. The van der Waals surface area contributed by atoms with E-state index in [1.807, 2.05) is 25.1 Å². The molecule has 1 amide bonds. The van der Waals surface area contributed by atoms with E-state index >= 15 is 0 Å². The molecule has 0 saturated carbocycles. The quantitative estimate of drug-likeness (QED) is 0.407. The van der Waals surface area contributed by atoms with Crippen molar-refractivity contribution in [2.75, 3.05) is 25.1 Å². The van der Waals surface area contributed by atoms with Gasteiger partial charge in [0, 0.05) is 17.9 Å². The first-order chi connectivity index (χ1) is 12.2. The summed E-state index contributed by atoms with van der Waals surface area (Å²) in [7, 11) is 0. The number of hydrogen-bond acceptors (Lipinski definition) is 4. The summed E-state index contributed by atoms with van der Waals surface area (Å²) >= 11 is 0. The second kappa shape index (κ2) is 7.76. The number of nitrogens with two attached hydrogens (primary N) is 1. The summed E-state index contributed by atoms with van der Waals surface area (Å²) in [5.41, 5.74) is 9.54. The molecule has 0 saturated heterocycles. The van der Waals surface area contributed by atoms with Crippen molar-refractivity contribution in [1.82, 2.24) is 9.97 Å². The molecule has 130 valence electrons. The summed E-state index contributed by atoms with van der Waals surface area (Å²) in [4.78, 5) is 23.2. The van der Waals surface area contributed by atoms with E-state index in [1.54, 1.807) is 18.3 Å². The van der Waals surface area contributed by atoms with Crippen LogP contribution in [0.1, 0.15) is 18.3 Å². The van der Waals surface area contributed by atoms with Crippen LogP contribution in [0.4, 0.5) is 5.69 Å². The molecule has 0 radical (unpaired) electrons. The molecule has 1 aliphatic heterocycles. The fourth-order valence-corrected chi connectivity index (χ4v) is 2.55. The predicted molar refractivity (Wildman–Crippen MR) is 98.4 cm³/mol. The molecule has 1 aliphatic rings. The van der Waals surface area contributed by atoms with Crippen molar-refractivity contribution >= 4 is 23.5 Å². The largest absolute Gasteiger partial charge is 0.384 e. The van der Waals surface area contributed by atoms with Crippen molar-refractivity contribution in [3.63, 3.8) is 0 Å². The van der Waals surface area contributed by atoms with Gasteiger partial charge in [0.1, 0.15) is 11.7 Å². The number of rotatable bonds is 7. The van der Waals surface area contributed by atoms with Crippen LogP contribution in [0.3, 0.4) is 0 Å². The molecule has 0 unspecified atom stereocenters. The number of aliphatic imine (C=N–C) groups is 1. The van der Waals surface area contributed by atoms with Crippen LogP contribution in [0.2, 0.25) is 0 Å². The first kappa shape index (κ1) is 16.9. The fraction of sp³-hybridized carbons (Fsp3) is 0.278. The average molecular weight is 339 g/mol. The van der Waals surface area contributed by atoms with Gasteiger partial charge in [-0.05, 0) is 30.7 Å². The molecule has 2 heterocycles. The highest BCUT2D eigenvalue weighted by molar-refractivity contribution is 6.00. The summed E-state index contributed by atoms with van der Waals surface area (Å²) in [6.07, 6.45) is 5.67. The predicted octanol–water partition coefficient (Wildman–Crippen LogP) is 1.98. The molecule has 25 heavy (non-hydrogen) atoms. The van der Waals surface area contributed by atoms with E-state index in [2.05, 4.69) is 20.3 Å². The van der Waals surface area contributed by atoms with Crippen LogP contribution in [0.15, 0.2) is 35.5 Å². The highest BCUT2D eigenvalue weighted by atomic mass is 16.5. The summed E-state index contributed by atoms with van der Waals surface area (Å²) in [6.45, 7) is 3.71. The molecule has 0 aliphatic carbocycles. The summed E-state index contributed by atoms with van der Waals surface area (Å²) in [5, 5.41) is 2.85. The molecule has 0 bridgehead atoms. The third-order valence-corrected chi connectivity index (χ3v) is 3.79. The molecule has 7 heteroatoms. The van der Waals surface area contributed by atoms with E-state index in [1.165, 1.54) is 0 Å². The van der Waals surface area contributed by atoms with E-state index in [0.717, 1.165) is 22.5 Å². The van der Waals surface area contributed by atoms with Crippen LogP contribution < -0.4 is 11.1 Å². The Balaban J connectivity index is 1.66. The lowest BCUT2D eigenvalue weighted by Gasteiger charge is -2.02. The van der Waals surface area contributed by atoms with Crippen molar-refractivity contribution in [3.8, 4) is 11.3 Å². The zero-order chi connectivity index (χ0) is 17.6. The first-order valence-electron chi connectivity index (χ1n) is 8.19. The molecule has 3 rings (SSSR count). The number of benzene rings is 1. The van der Waals surface area contributed by atoms with Crippen LogP contribution in [0.5, 0.6) is 0 Å². The number of carbonyl (C=O) groups excluding carboxylic acids is 1.